The molecule has 2 N–H and O–H groups in total. The Kier molecular flexibility index (Phi) is 3.91. The second kappa shape index (κ2) is 5.63. The number of hydrogen-bond acceptors (Lipinski definition) is 3. The van der Waals surface area contributed by atoms with Crippen molar-refractivity contribution in [3.63, 3.8) is 0 Å². The molecule has 0 aromatic heterocycles. The van der Waals surface area contributed by atoms with E-state index in [1.165, 1.54) is 12.1 Å². The van der Waals surface area contributed by atoms with Gasteiger partial charge in [-0.25, -0.2) is 9.59 Å². The molecule has 2 aromatic rings. The first kappa shape index (κ1) is 13.9. The van der Waals surface area contributed by atoms with Gasteiger partial charge in [0.05, 0.1) is 11.1 Å². The van der Waals surface area contributed by atoms with E-state index in [-0.39, 0.29) is 16.9 Å². The molecule has 0 fully saturated rings. The number of rotatable bonds is 4. The molecule has 0 heterocycles. The van der Waals surface area contributed by atoms with Crippen LogP contribution in [0.15, 0.2) is 42.5 Å². The van der Waals surface area contributed by atoms with Gasteiger partial charge in [0.2, 0.25) is 0 Å². The molecule has 0 atom stereocenters. The number of aromatic carboxylic acids is 2. The Labute approximate surface area is 119 Å². The highest BCUT2D eigenvalue weighted by atomic mass is 35.5. The first-order valence-corrected chi connectivity index (χ1v) is 5.89. The Balaban J connectivity index is 2.36. The van der Waals surface area contributed by atoms with Crippen molar-refractivity contribution in [2.24, 2.45) is 0 Å². The molecular weight excluding hydrogens is 284 g/mol. The van der Waals surface area contributed by atoms with Gasteiger partial charge in [0.25, 0.3) is 0 Å². The molecular formula is C14H9ClO5. The Morgan fingerprint density at radius 3 is 2.15 bits per heavy atom. The van der Waals surface area contributed by atoms with Crippen LogP contribution >= 0.6 is 11.6 Å². The minimum atomic E-state index is -1.33. The Morgan fingerprint density at radius 1 is 0.900 bits per heavy atom. The fourth-order valence-corrected chi connectivity index (χ4v) is 1.80. The molecule has 102 valence electrons. The molecule has 0 unspecified atom stereocenters. The number of carbonyl (C=O) groups is 2. The summed E-state index contributed by atoms with van der Waals surface area (Å²) < 4.78 is 5.44. The molecule has 0 aliphatic rings. The lowest BCUT2D eigenvalue weighted by atomic mass is 10.1. The normalized spacial score (nSPS) is 10.1. The van der Waals surface area contributed by atoms with Crippen LogP contribution in [0.2, 0.25) is 5.02 Å². The molecule has 20 heavy (non-hydrogen) atoms. The van der Waals surface area contributed by atoms with E-state index in [0.717, 1.165) is 6.07 Å². The van der Waals surface area contributed by atoms with Crippen molar-refractivity contribution in [3.05, 3.63) is 58.6 Å². The highest BCUT2D eigenvalue weighted by Crippen LogP contribution is 2.26. The van der Waals surface area contributed by atoms with Crippen LogP contribution in [0.3, 0.4) is 0 Å². The molecule has 2 rings (SSSR count). The minimum Gasteiger partial charge on any atom is -0.478 e. The highest BCUT2D eigenvalue weighted by Gasteiger charge is 2.17. The summed E-state index contributed by atoms with van der Waals surface area (Å²) in [4.78, 5) is 22.0. The van der Waals surface area contributed by atoms with Gasteiger partial charge in [0, 0.05) is 5.02 Å². The van der Waals surface area contributed by atoms with Crippen molar-refractivity contribution in [3.8, 4) is 11.5 Å². The maximum absolute atomic E-state index is 11.0. The third-order valence-corrected chi connectivity index (χ3v) is 2.72. The molecule has 0 bridgehead atoms. The molecule has 0 spiro atoms. The second-order valence-electron chi connectivity index (χ2n) is 3.88. The highest BCUT2D eigenvalue weighted by molar-refractivity contribution is 6.30. The van der Waals surface area contributed by atoms with E-state index in [2.05, 4.69) is 0 Å². The van der Waals surface area contributed by atoms with Gasteiger partial charge >= 0.3 is 11.9 Å². The lowest BCUT2D eigenvalue weighted by Gasteiger charge is -2.08. The van der Waals surface area contributed by atoms with E-state index < -0.39 is 11.9 Å². The van der Waals surface area contributed by atoms with Crippen LogP contribution in [-0.4, -0.2) is 22.2 Å². The average Bonchev–Trinajstić information content (AvgIpc) is 2.38. The lowest BCUT2D eigenvalue weighted by Crippen LogP contribution is -2.07. The van der Waals surface area contributed by atoms with Gasteiger partial charge in [-0.05, 0) is 36.4 Å². The largest absolute Gasteiger partial charge is 0.478 e. The summed E-state index contributed by atoms with van der Waals surface area (Å²) in [6.45, 7) is 0. The van der Waals surface area contributed by atoms with Gasteiger partial charge < -0.3 is 14.9 Å². The summed E-state index contributed by atoms with van der Waals surface area (Å²) in [7, 11) is 0. The summed E-state index contributed by atoms with van der Waals surface area (Å²) >= 11 is 5.81. The van der Waals surface area contributed by atoms with Gasteiger partial charge in [-0.15, -0.1) is 0 Å². The molecule has 6 heteroatoms. The van der Waals surface area contributed by atoms with Crippen molar-refractivity contribution in [2.75, 3.05) is 0 Å². The Bertz CT molecular complexity index is 681. The van der Waals surface area contributed by atoms with E-state index in [4.69, 9.17) is 26.6 Å². The number of carboxylic acids is 2. The zero-order valence-corrected chi connectivity index (χ0v) is 10.8. The van der Waals surface area contributed by atoms with Crippen LogP contribution in [0.4, 0.5) is 0 Å². The van der Waals surface area contributed by atoms with Crippen molar-refractivity contribution in [1.29, 1.82) is 0 Å². The van der Waals surface area contributed by atoms with Gasteiger partial charge in [-0.2, -0.15) is 0 Å². The molecule has 0 saturated carbocycles. The first-order valence-electron chi connectivity index (χ1n) is 5.51. The van der Waals surface area contributed by atoms with Crippen LogP contribution in [0.1, 0.15) is 20.7 Å². The smallest absolute Gasteiger partial charge is 0.336 e. The topological polar surface area (TPSA) is 83.8 Å². The quantitative estimate of drug-likeness (QED) is 0.900. The summed E-state index contributed by atoms with van der Waals surface area (Å²) in [5.74, 6) is -2.00. The minimum absolute atomic E-state index is 0.217. The van der Waals surface area contributed by atoms with Crippen LogP contribution in [-0.2, 0) is 0 Å². The predicted octanol–water partition coefficient (Wildman–Crippen LogP) is 3.53. The number of ether oxygens (including phenoxy) is 1. The summed E-state index contributed by atoms with van der Waals surface area (Å²) in [6.07, 6.45) is 0. The Hall–Kier alpha value is -2.53. The first-order chi connectivity index (χ1) is 9.47. The van der Waals surface area contributed by atoms with E-state index in [1.807, 2.05) is 0 Å². The van der Waals surface area contributed by atoms with E-state index >= 15 is 0 Å². The number of halogens is 1. The fourth-order valence-electron chi connectivity index (χ4n) is 1.62. The maximum Gasteiger partial charge on any atom is 0.336 e. The van der Waals surface area contributed by atoms with Crippen molar-refractivity contribution < 1.29 is 24.5 Å². The monoisotopic (exact) mass is 292 g/mol. The molecule has 0 radical (unpaired) electrons. The third kappa shape index (κ3) is 3.07. The molecule has 0 amide bonds. The summed E-state index contributed by atoms with van der Waals surface area (Å²) in [6, 6.07) is 10.3. The van der Waals surface area contributed by atoms with Crippen molar-refractivity contribution >= 4 is 23.5 Å². The Morgan fingerprint density at radius 2 is 1.55 bits per heavy atom. The average molecular weight is 293 g/mol. The van der Waals surface area contributed by atoms with Crippen molar-refractivity contribution in [1.82, 2.24) is 0 Å². The fraction of sp³-hybridized carbons (Fsp3) is 0. The SMILES string of the molecule is O=C(O)c1ccc(Oc2cccc(Cl)c2)cc1C(=O)O. The zero-order chi connectivity index (χ0) is 14.7. The zero-order valence-electron chi connectivity index (χ0n) is 10.0. The van der Waals surface area contributed by atoms with Gasteiger partial charge in [-0.1, -0.05) is 17.7 Å². The number of benzene rings is 2. The van der Waals surface area contributed by atoms with Crippen molar-refractivity contribution in [2.45, 2.75) is 0 Å². The molecule has 5 nitrogen and oxygen atoms in total. The molecule has 0 aliphatic heterocycles. The van der Waals surface area contributed by atoms with Gasteiger partial charge in [-0.3, -0.25) is 0 Å². The van der Waals surface area contributed by atoms with Crippen LogP contribution in [0, 0.1) is 0 Å². The van der Waals surface area contributed by atoms with Gasteiger partial charge in [0.15, 0.2) is 0 Å². The molecule has 2 aromatic carbocycles. The molecule has 0 saturated heterocycles. The van der Waals surface area contributed by atoms with Gasteiger partial charge in [0.1, 0.15) is 11.5 Å². The lowest BCUT2D eigenvalue weighted by molar-refractivity contribution is 0.0651. The summed E-state index contributed by atoms with van der Waals surface area (Å²) in [5.41, 5.74) is -0.632. The van der Waals surface area contributed by atoms with E-state index in [1.54, 1.807) is 24.3 Å². The number of carboxylic acid groups (broad SMARTS) is 2. The summed E-state index contributed by atoms with van der Waals surface area (Å²) in [5, 5.41) is 18.4. The molecule has 0 aliphatic carbocycles. The van der Waals surface area contributed by atoms with E-state index in [0.29, 0.717) is 10.8 Å². The van der Waals surface area contributed by atoms with E-state index in [9.17, 15) is 9.59 Å². The van der Waals surface area contributed by atoms with Crippen LogP contribution in [0.25, 0.3) is 0 Å². The van der Waals surface area contributed by atoms with Crippen LogP contribution in [0.5, 0.6) is 11.5 Å². The number of hydrogen-bond donors (Lipinski definition) is 2. The third-order valence-electron chi connectivity index (χ3n) is 2.48. The maximum atomic E-state index is 11.0. The van der Waals surface area contributed by atoms with Crippen LogP contribution < -0.4 is 4.74 Å². The second-order valence-corrected chi connectivity index (χ2v) is 4.31. The predicted molar refractivity (Wildman–Crippen MR) is 71.9 cm³/mol. The standard InChI is InChI=1S/C14H9ClO5/c15-8-2-1-3-9(6-8)20-10-4-5-11(13(16)17)12(7-10)14(18)19/h1-7H,(H,16,17)(H,18,19).